The molecule has 0 spiro atoms. The molecule has 1 saturated heterocycles. The first-order chi connectivity index (χ1) is 11.6. The van der Waals surface area contributed by atoms with Crippen molar-refractivity contribution in [2.45, 2.75) is 45.3 Å². The van der Waals surface area contributed by atoms with Crippen LogP contribution in [0.25, 0.3) is 0 Å². The van der Waals surface area contributed by atoms with Crippen molar-refractivity contribution in [1.82, 2.24) is 10.2 Å². The molecule has 1 N–H and O–H groups in total. The Labute approximate surface area is 153 Å². The zero-order valence-electron chi connectivity index (χ0n) is 15.7. The van der Waals surface area contributed by atoms with Crippen LogP contribution in [0.3, 0.4) is 0 Å². The largest absolute Gasteiger partial charge is 0.442 e. The van der Waals surface area contributed by atoms with Crippen LogP contribution in [0.2, 0.25) is 0 Å². The number of carbonyl (C=O) groups excluding carboxylic acids is 1. The summed E-state index contributed by atoms with van der Waals surface area (Å²) in [5, 5.41) is 5.65. The highest BCUT2D eigenvalue weighted by Crippen LogP contribution is 2.40. The van der Waals surface area contributed by atoms with Crippen LogP contribution in [0.1, 0.15) is 39.0 Å². The lowest BCUT2D eigenvalue weighted by molar-refractivity contribution is 0.0601. The molecule has 2 aliphatic heterocycles. The zero-order chi connectivity index (χ0) is 18.4. The minimum atomic E-state index is -0.594. The number of nitrogens with one attached hydrogen (secondary N) is 1. The Morgan fingerprint density at radius 1 is 1.56 bits per heavy atom. The molecule has 8 heteroatoms. The molecule has 0 aromatic carbocycles. The molecule has 0 bridgehead atoms. The summed E-state index contributed by atoms with van der Waals surface area (Å²) in [5.74, 6) is 1.72. The van der Waals surface area contributed by atoms with Gasteiger partial charge in [-0.05, 0) is 39.5 Å². The van der Waals surface area contributed by atoms with Crippen molar-refractivity contribution in [3.63, 3.8) is 0 Å². The third kappa shape index (κ3) is 3.45. The molecule has 1 unspecified atom stereocenters. The number of rotatable bonds is 1. The highest BCUT2D eigenvalue weighted by atomic mass is 32.1. The topological polar surface area (TPSA) is 66.3 Å². The number of thiophene rings is 1. The number of amidine groups is 1. The summed E-state index contributed by atoms with van der Waals surface area (Å²) >= 11 is 1.73. The molecule has 1 aromatic heterocycles. The van der Waals surface area contributed by atoms with Gasteiger partial charge < -0.3 is 15.0 Å². The Balaban J connectivity index is 1.97. The van der Waals surface area contributed by atoms with Gasteiger partial charge in [0.15, 0.2) is 0 Å². The maximum Gasteiger partial charge on any atom is 0.437 e. The molecule has 0 radical (unpaired) electrons. The second kappa shape index (κ2) is 6.16. The lowest BCUT2D eigenvalue weighted by Crippen LogP contribution is -2.63. The summed E-state index contributed by atoms with van der Waals surface area (Å²) in [4.78, 5) is 24.2. The van der Waals surface area contributed by atoms with Gasteiger partial charge in [-0.3, -0.25) is 4.99 Å². The number of amides is 1. The van der Waals surface area contributed by atoms with Gasteiger partial charge in [-0.1, -0.05) is 11.5 Å². The van der Waals surface area contributed by atoms with Crippen LogP contribution in [0.15, 0.2) is 21.4 Å². The van der Waals surface area contributed by atoms with E-state index < -0.39 is 11.7 Å². The van der Waals surface area contributed by atoms with E-state index in [4.69, 9.17) is 4.74 Å². The molecule has 2 aliphatic rings. The highest BCUT2D eigenvalue weighted by Gasteiger charge is 2.48. The highest BCUT2D eigenvalue weighted by molar-refractivity contribution is 7.11. The Hall–Kier alpha value is -1.83. The second-order valence-electron chi connectivity index (χ2n) is 7.87. The molecule has 25 heavy (non-hydrogen) atoms. The Morgan fingerprint density at radius 3 is 2.88 bits per heavy atom. The number of hydrogen-bond donors (Lipinski definition) is 1. The fourth-order valence-corrected chi connectivity index (χ4v) is 4.43. The maximum atomic E-state index is 12.2. The van der Waals surface area contributed by atoms with Gasteiger partial charge in [0, 0.05) is 24.4 Å². The monoisotopic (exact) mass is 360 g/mol. The molecule has 0 aliphatic carbocycles. The van der Waals surface area contributed by atoms with Crippen molar-refractivity contribution in [2.75, 3.05) is 13.6 Å². The van der Waals surface area contributed by atoms with E-state index in [0.29, 0.717) is 5.96 Å². The summed E-state index contributed by atoms with van der Waals surface area (Å²) < 4.78 is 5.35. The number of guanidine groups is 1. The Morgan fingerprint density at radius 2 is 2.28 bits per heavy atom. The summed E-state index contributed by atoms with van der Waals surface area (Å²) in [6, 6.07) is 2.20. The van der Waals surface area contributed by atoms with Crippen LogP contribution in [0.5, 0.6) is 0 Å². The first-order valence-corrected chi connectivity index (χ1v) is 9.41. The lowest BCUT2D eigenvalue weighted by atomic mass is 9.79. The zero-order valence-corrected chi connectivity index (χ0v) is 16.5. The van der Waals surface area contributed by atoms with Crippen LogP contribution in [-0.2, 0) is 10.3 Å². The van der Waals surface area contributed by atoms with Gasteiger partial charge in [-0.15, -0.1) is 16.3 Å². The molecule has 1 aromatic rings. The number of hydrogen-bond acceptors (Lipinski definition) is 4. The average molecular weight is 360 g/mol. The van der Waals surface area contributed by atoms with Crippen molar-refractivity contribution >= 4 is 42.5 Å². The quantitative estimate of drug-likeness (QED) is 0.771. The van der Waals surface area contributed by atoms with Crippen LogP contribution < -0.4 is 10.8 Å². The molecule has 2 atom stereocenters. The number of nitrogens with zero attached hydrogens (tertiary/aromatic N) is 3. The molecule has 6 nitrogen and oxygen atoms in total. The standard InChI is InChI=1S/C17H25BN4O2S/c1-16(2,3)24-15(23)20-14-21-17(4,12-8-10(18)9-25-12)11-6-7-19-13(11)22(14)5/h8-9,11H,6-7,18H2,1-5H3,(H,20,21,23)/t11?,17-/m0/s1. The van der Waals surface area contributed by atoms with Crippen LogP contribution in [0.4, 0.5) is 4.79 Å². The van der Waals surface area contributed by atoms with Crippen molar-refractivity contribution in [3.8, 4) is 0 Å². The average Bonchev–Trinajstić information content (AvgIpc) is 3.11. The summed E-state index contributed by atoms with van der Waals surface area (Å²) in [7, 11) is 3.99. The van der Waals surface area contributed by atoms with Gasteiger partial charge in [0.25, 0.3) is 0 Å². The van der Waals surface area contributed by atoms with Gasteiger partial charge in [0.2, 0.25) is 5.96 Å². The van der Waals surface area contributed by atoms with E-state index in [1.54, 1.807) is 11.3 Å². The maximum absolute atomic E-state index is 12.2. The van der Waals surface area contributed by atoms with Gasteiger partial charge >= 0.3 is 6.09 Å². The van der Waals surface area contributed by atoms with Crippen LogP contribution in [-0.4, -0.2) is 49.8 Å². The molecule has 3 rings (SSSR count). The molecular formula is C17H25BN4O2S. The molecule has 0 saturated carbocycles. The lowest BCUT2D eigenvalue weighted by Gasteiger charge is -2.45. The third-order valence-electron chi connectivity index (χ3n) is 4.57. The van der Waals surface area contributed by atoms with E-state index >= 15 is 0 Å². The van der Waals surface area contributed by atoms with Crippen LogP contribution in [0, 0.1) is 5.92 Å². The summed E-state index contributed by atoms with van der Waals surface area (Å²) in [6.45, 7) is 8.46. The SMILES string of the molecule is Bc1csc([C@@]2(C)N/C(=N\C(=O)OC(C)(C)C)N(C)C3=NCCC32)c1. The van der Waals surface area contributed by atoms with Crippen molar-refractivity contribution in [3.05, 3.63) is 16.3 Å². The molecule has 3 heterocycles. The number of fused-ring (bicyclic) bond motifs is 1. The van der Waals surface area contributed by atoms with Crippen molar-refractivity contribution < 1.29 is 9.53 Å². The van der Waals surface area contributed by atoms with E-state index in [1.807, 2.05) is 32.7 Å². The van der Waals surface area contributed by atoms with Crippen molar-refractivity contribution in [1.29, 1.82) is 0 Å². The predicted molar refractivity (Wildman–Crippen MR) is 105 cm³/mol. The van der Waals surface area contributed by atoms with Crippen molar-refractivity contribution in [2.24, 2.45) is 15.9 Å². The number of ether oxygens (including phenoxy) is 1. The van der Waals surface area contributed by atoms with Gasteiger partial charge in [0.1, 0.15) is 19.3 Å². The van der Waals surface area contributed by atoms with E-state index in [9.17, 15) is 4.79 Å². The summed E-state index contributed by atoms with van der Waals surface area (Å²) in [5.41, 5.74) is 0.335. The molecular weight excluding hydrogens is 335 g/mol. The first kappa shape index (κ1) is 18.0. The third-order valence-corrected chi connectivity index (χ3v) is 5.85. The van der Waals surface area contributed by atoms with E-state index in [1.165, 1.54) is 10.3 Å². The molecule has 1 fully saturated rings. The molecule has 1 amide bonds. The van der Waals surface area contributed by atoms with Gasteiger partial charge in [-0.2, -0.15) is 0 Å². The van der Waals surface area contributed by atoms with E-state index in [-0.39, 0.29) is 11.5 Å². The minimum absolute atomic E-state index is 0.258. The van der Waals surface area contributed by atoms with Crippen LogP contribution >= 0.6 is 11.3 Å². The normalized spacial score (nSPS) is 27.7. The smallest absolute Gasteiger partial charge is 0.437 e. The fourth-order valence-electron chi connectivity index (χ4n) is 3.36. The Kier molecular flexibility index (Phi) is 4.43. The van der Waals surface area contributed by atoms with E-state index in [0.717, 1.165) is 18.8 Å². The van der Waals surface area contributed by atoms with Gasteiger partial charge in [-0.25, -0.2) is 4.79 Å². The fraction of sp³-hybridized carbons (Fsp3) is 0.588. The Bertz CT molecular complexity index is 752. The minimum Gasteiger partial charge on any atom is -0.442 e. The first-order valence-electron chi connectivity index (χ1n) is 8.54. The summed E-state index contributed by atoms with van der Waals surface area (Å²) in [6.07, 6.45) is 0.392. The molecule has 134 valence electrons. The second-order valence-corrected chi connectivity index (χ2v) is 8.78. The number of aliphatic imine (C=N–C) groups is 2. The number of carbonyl (C=O) groups is 1. The van der Waals surface area contributed by atoms with Gasteiger partial charge in [0.05, 0.1) is 5.54 Å². The predicted octanol–water partition coefficient (Wildman–Crippen LogP) is 1.47. The van der Waals surface area contributed by atoms with E-state index in [2.05, 4.69) is 41.5 Å².